The highest BCUT2D eigenvalue weighted by atomic mass is 35.5. The second kappa shape index (κ2) is 5.15. The number of hydrogen-bond acceptors (Lipinski definition) is 12. The van der Waals surface area contributed by atoms with Crippen LogP contribution in [-0.2, 0) is 5.79 Å². The Hall–Kier alpha value is -3.76. The summed E-state index contributed by atoms with van der Waals surface area (Å²) in [5, 5.41) is 52.4. The van der Waals surface area contributed by atoms with E-state index in [1.807, 2.05) is 0 Å². The molecule has 0 radical (unpaired) electrons. The molecule has 0 aliphatic carbocycles. The number of nitro groups is 4. The highest BCUT2D eigenvalue weighted by Crippen LogP contribution is 2.33. The van der Waals surface area contributed by atoms with E-state index in [2.05, 4.69) is 15.3 Å². The maximum Gasteiger partial charge on any atom is 0.765 e. The van der Waals surface area contributed by atoms with Gasteiger partial charge in [0.1, 0.15) is 0 Å². The molecule has 126 valence electrons. The molecule has 0 unspecified atom stereocenters. The van der Waals surface area contributed by atoms with Crippen molar-refractivity contribution in [2.24, 2.45) is 0 Å². The molecular weight excluding hydrogens is 362 g/mol. The van der Waals surface area contributed by atoms with Crippen molar-refractivity contribution < 1.29 is 19.7 Å². The topological polar surface area (TPSA) is 242 Å². The van der Waals surface area contributed by atoms with Gasteiger partial charge in [-0.2, -0.15) is 4.52 Å². The van der Waals surface area contributed by atoms with Crippen molar-refractivity contribution in [3.8, 4) is 0 Å². The summed E-state index contributed by atoms with van der Waals surface area (Å²) in [6.07, 6.45) is 0. The predicted molar refractivity (Wildman–Crippen MR) is 69.5 cm³/mol. The molecule has 2 aromatic heterocycles. The van der Waals surface area contributed by atoms with Crippen molar-refractivity contribution in [3.63, 3.8) is 0 Å². The van der Waals surface area contributed by atoms with Crippen LogP contribution in [0.1, 0.15) is 5.82 Å². The Morgan fingerprint density at radius 3 is 1.92 bits per heavy atom. The summed E-state index contributed by atoms with van der Waals surface area (Å²) >= 11 is 5.50. The highest BCUT2D eigenvalue weighted by molar-refractivity contribution is 6.32. The normalized spacial score (nSPS) is 11.4. The van der Waals surface area contributed by atoms with Crippen LogP contribution in [0.3, 0.4) is 0 Å². The van der Waals surface area contributed by atoms with Crippen LogP contribution < -0.4 is 5.73 Å². The van der Waals surface area contributed by atoms with E-state index in [4.69, 9.17) is 17.3 Å². The van der Waals surface area contributed by atoms with Crippen LogP contribution in [-0.4, -0.2) is 39.5 Å². The molecule has 0 saturated heterocycles. The third-order valence-electron chi connectivity index (χ3n) is 2.77. The maximum absolute atomic E-state index is 11.0. The zero-order valence-electron chi connectivity index (χ0n) is 10.8. The van der Waals surface area contributed by atoms with Gasteiger partial charge in [0.05, 0.1) is 4.92 Å². The molecule has 0 aromatic carbocycles. The molecule has 0 atom stereocenters. The average molecular weight is 364 g/mol. The number of aromatic nitrogens is 4. The van der Waals surface area contributed by atoms with Crippen molar-refractivity contribution in [1.29, 1.82) is 0 Å². The minimum atomic E-state index is -4.17. The lowest BCUT2D eigenvalue weighted by molar-refractivity contribution is -0.987. The standard InChI is InChI=1S/C6H2ClN9O8/c7-3-2(13(17)18)1(8)4-9-10-5(12(4)11-3)6(14(19)20,15(21)22)16(23)24/h8H2. The summed E-state index contributed by atoms with van der Waals surface area (Å²) in [7, 11) is 0. The molecule has 18 heteroatoms. The van der Waals surface area contributed by atoms with Gasteiger partial charge in [-0.15, -0.1) is 15.3 Å². The summed E-state index contributed by atoms with van der Waals surface area (Å²) in [5.41, 5.74) is 2.92. The molecule has 17 nitrogen and oxygen atoms in total. The van der Waals surface area contributed by atoms with Crippen molar-refractivity contribution in [1.82, 2.24) is 19.8 Å². The van der Waals surface area contributed by atoms with E-state index in [-0.39, 0.29) is 4.52 Å². The number of nitrogens with two attached hydrogens (primary N) is 1. The van der Waals surface area contributed by atoms with Crippen molar-refractivity contribution in [2.75, 3.05) is 5.73 Å². The van der Waals surface area contributed by atoms with Crippen LogP contribution in [0.2, 0.25) is 5.15 Å². The van der Waals surface area contributed by atoms with Gasteiger partial charge in [-0.1, -0.05) is 11.6 Å². The zero-order chi connectivity index (χ0) is 18.4. The SMILES string of the molecule is Nc1c([N+](=O)[O-])c(Cl)nn2c(C([N+](=O)[O-])([N+](=O)[O-])[N+](=O)[O-])nnc12. The molecule has 2 rings (SSSR count). The molecule has 2 heterocycles. The largest absolute Gasteiger partial charge is 0.765 e. The van der Waals surface area contributed by atoms with Gasteiger partial charge in [-0.3, -0.25) is 40.5 Å². The molecule has 0 spiro atoms. The Kier molecular flexibility index (Phi) is 3.57. The summed E-state index contributed by atoms with van der Waals surface area (Å²) < 4.78 is 0.138. The summed E-state index contributed by atoms with van der Waals surface area (Å²) in [5.74, 6) is -5.64. The molecule has 0 amide bonds. The van der Waals surface area contributed by atoms with Crippen LogP contribution in [0, 0.1) is 40.5 Å². The van der Waals surface area contributed by atoms with Crippen molar-refractivity contribution in [3.05, 3.63) is 51.4 Å². The van der Waals surface area contributed by atoms with E-state index in [1.54, 1.807) is 0 Å². The first-order valence-corrected chi connectivity index (χ1v) is 5.73. The lowest BCUT2D eigenvalue weighted by atomic mass is 10.3. The minimum Gasteiger partial charge on any atom is -0.390 e. The molecule has 0 aliphatic rings. The first-order valence-electron chi connectivity index (χ1n) is 5.35. The first kappa shape index (κ1) is 16.6. The maximum atomic E-state index is 11.0. The van der Waals surface area contributed by atoms with Crippen molar-refractivity contribution >= 4 is 28.6 Å². The second-order valence-electron chi connectivity index (χ2n) is 3.98. The van der Waals surface area contributed by atoms with Gasteiger partial charge in [-0.05, 0) is 0 Å². The van der Waals surface area contributed by atoms with E-state index < -0.39 is 53.5 Å². The number of nitrogen functional groups attached to an aromatic ring is 1. The van der Waals surface area contributed by atoms with Crippen LogP contribution in [0.25, 0.3) is 5.65 Å². The molecule has 0 bridgehead atoms. The third-order valence-corrected chi connectivity index (χ3v) is 3.02. The Bertz CT molecular complexity index is 886. The van der Waals surface area contributed by atoms with E-state index in [0.717, 1.165) is 0 Å². The lowest BCUT2D eigenvalue weighted by Gasteiger charge is -2.07. The van der Waals surface area contributed by atoms with Gasteiger partial charge in [0, 0.05) is 0 Å². The monoisotopic (exact) mass is 363 g/mol. The minimum absolute atomic E-state index is 0.138. The Labute approximate surface area is 132 Å². The Balaban J connectivity index is 2.98. The molecule has 2 N–H and O–H groups in total. The average Bonchev–Trinajstić information content (AvgIpc) is 2.82. The molecule has 0 saturated carbocycles. The van der Waals surface area contributed by atoms with E-state index in [9.17, 15) is 40.5 Å². The Morgan fingerprint density at radius 2 is 1.50 bits per heavy atom. The quantitative estimate of drug-likeness (QED) is 0.390. The first-order chi connectivity index (χ1) is 11.1. The zero-order valence-corrected chi connectivity index (χ0v) is 11.6. The van der Waals surface area contributed by atoms with Crippen LogP contribution in [0.4, 0.5) is 11.4 Å². The van der Waals surface area contributed by atoms with Gasteiger partial charge in [0.15, 0.2) is 20.5 Å². The molecule has 24 heavy (non-hydrogen) atoms. The molecule has 0 aliphatic heterocycles. The van der Waals surface area contributed by atoms with E-state index >= 15 is 0 Å². The molecular formula is C6H2ClN9O8. The van der Waals surface area contributed by atoms with E-state index in [1.165, 1.54) is 0 Å². The highest BCUT2D eigenvalue weighted by Gasteiger charge is 2.77. The van der Waals surface area contributed by atoms with E-state index in [0.29, 0.717) is 0 Å². The number of hydrogen-bond donors (Lipinski definition) is 1. The fourth-order valence-electron chi connectivity index (χ4n) is 1.72. The van der Waals surface area contributed by atoms with Gasteiger partial charge < -0.3 is 5.73 Å². The van der Waals surface area contributed by atoms with Gasteiger partial charge in [0.2, 0.25) is 10.8 Å². The van der Waals surface area contributed by atoms with Crippen LogP contribution in [0.15, 0.2) is 0 Å². The van der Waals surface area contributed by atoms with Crippen molar-refractivity contribution in [2.45, 2.75) is 5.79 Å². The summed E-state index contributed by atoms with van der Waals surface area (Å²) in [6.45, 7) is 0. The fraction of sp³-hybridized carbons (Fsp3) is 0.167. The number of halogens is 1. The third kappa shape index (κ3) is 1.91. The number of anilines is 1. The van der Waals surface area contributed by atoms with Gasteiger partial charge in [-0.25, -0.2) is 0 Å². The van der Waals surface area contributed by atoms with Crippen LogP contribution >= 0.6 is 11.6 Å². The predicted octanol–water partition coefficient (Wildman–Crippen LogP) is -0.792. The number of fused-ring (bicyclic) bond motifs is 1. The number of nitrogens with zero attached hydrogens (tertiary/aromatic N) is 8. The Morgan fingerprint density at radius 1 is 1.00 bits per heavy atom. The lowest BCUT2D eigenvalue weighted by Crippen LogP contribution is -2.51. The number of rotatable bonds is 5. The summed E-state index contributed by atoms with van der Waals surface area (Å²) in [4.78, 5) is 37.4. The molecule has 0 fully saturated rings. The fourth-order valence-corrected chi connectivity index (χ4v) is 1.97. The smallest absolute Gasteiger partial charge is 0.390 e. The summed E-state index contributed by atoms with van der Waals surface area (Å²) in [6, 6.07) is 0. The second-order valence-corrected chi connectivity index (χ2v) is 4.33. The van der Waals surface area contributed by atoms with Gasteiger partial charge in [0.25, 0.3) is 0 Å². The van der Waals surface area contributed by atoms with Gasteiger partial charge >= 0.3 is 17.3 Å². The van der Waals surface area contributed by atoms with Crippen LogP contribution in [0.5, 0.6) is 0 Å². The molecule has 2 aromatic rings.